The number of anilines is 1. The standard InChI is InChI=1S/C17H15ClFN3O4/c1-10(16(24)22-13-4-2-3-12(19)8-13)26-15(23)9-21-17(25)14-7-11(18)5-6-20-14/h2-8,10H,9H2,1H3,(H,21,25)(H,22,24)/t10-/m0/s1. The lowest BCUT2D eigenvalue weighted by atomic mass is 10.3. The molecule has 0 aliphatic rings. The van der Waals surface area contributed by atoms with Crippen molar-refractivity contribution in [3.8, 4) is 0 Å². The Morgan fingerprint density at radius 1 is 1.27 bits per heavy atom. The molecule has 0 saturated carbocycles. The van der Waals surface area contributed by atoms with Crippen LogP contribution in [0.1, 0.15) is 17.4 Å². The molecule has 2 aromatic rings. The van der Waals surface area contributed by atoms with Crippen molar-refractivity contribution in [1.29, 1.82) is 0 Å². The monoisotopic (exact) mass is 379 g/mol. The van der Waals surface area contributed by atoms with Gasteiger partial charge in [-0.15, -0.1) is 0 Å². The first kappa shape index (κ1) is 19.3. The molecule has 0 unspecified atom stereocenters. The Hall–Kier alpha value is -3.00. The fourth-order valence-corrected chi connectivity index (χ4v) is 2.03. The van der Waals surface area contributed by atoms with Crippen molar-refractivity contribution in [2.75, 3.05) is 11.9 Å². The van der Waals surface area contributed by atoms with Crippen LogP contribution in [-0.2, 0) is 14.3 Å². The molecule has 0 spiro atoms. The van der Waals surface area contributed by atoms with Crippen LogP contribution < -0.4 is 10.6 Å². The van der Waals surface area contributed by atoms with Gasteiger partial charge < -0.3 is 15.4 Å². The summed E-state index contributed by atoms with van der Waals surface area (Å²) in [4.78, 5) is 39.3. The maximum Gasteiger partial charge on any atom is 0.326 e. The number of esters is 1. The number of hydrogen-bond donors (Lipinski definition) is 2. The Kier molecular flexibility index (Phi) is 6.62. The third kappa shape index (κ3) is 5.82. The first-order chi connectivity index (χ1) is 12.3. The molecular formula is C17H15ClFN3O4. The number of rotatable bonds is 6. The van der Waals surface area contributed by atoms with Crippen molar-refractivity contribution in [2.24, 2.45) is 0 Å². The fourth-order valence-electron chi connectivity index (χ4n) is 1.87. The molecule has 1 aromatic heterocycles. The lowest BCUT2D eigenvalue weighted by molar-refractivity contribution is -0.152. The Balaban J connectivity index is 1.81. The highest BCUT2D eigenvalue weighted by Crippen LogP contribution is 2.10. The quantitative estimate of drug-likeness (QED) is 0.750. The number of halogens is 2. The van der Waals surface area contributed by atoms with Crippen molar-refractivity contribution >= 4 is 35.1 Å². The Labute approximate surface area is 153 Å². The van der Waals surface area contributed by atoms with E-state index in [1.807, 2.05) is 0 Å². The number of ether oxygens (including phenoxy) is 1. The molecule has 0 aliphatic carbocycles. The first-order valence-corrected chi connectivity index (χ1v) is 7.88. The zero-order valence-corrected chi connectivity index (χ0v) is 14.4. The molecule has 1 aromatic carbocycles. The highest BCUT2D eigenvalue weighted by Gasteiger charge is 2.19. The molecule has 0 aliphatic heterocycles. The SMILES string of the molecule is C[C@H](OC(=O)CNC(=O)c1cc(Cl)ccn1)C(=O)Nc1cccc(F)c1. The molecule has 2 N–H and O–H groups in total. The summed E-state index contributed by atoms with van der Waals surface area (Å²) in [6.45, 7) is 0.900. The van der Waals surface area contributed by atoms with Crippen LogP contribution in [0.3, 0.4) is 0 Å². The van der Waals surface area contributed by atoms with Crippen LogP contribution in [0.2, 0.25) is 5.02 Å². The molecule has 9 heteroatoms. The molecule has 7 nitrogen and oxygen atoms in total. The second kappa shape index (κ2) is 8.91. The zero-order chi connectivity index (χ0) is 19.1. The van der Waals surface area contributed by atoms with Gasteiger partial charge in [0.15, 0.2) is 6.10 Å². The molecule has 0 fully saturated rings. The second-order valence-electron chi connectivity index (χ2n) is 5.17. The van der Waals surface area contributed by atoms with Gasteiger partial charge in [0, 0.05) is 16.9 Å². The van der Waals surface area contributed by atoms with Crippen LogP contribution in [0.5, 0.6) is 0 Å². The van der Waals surface area contributed by atoms with Crippen molar-refractivity contribution in [3.05, 3.63) is 59.1 Å². The smallest absolute Gasteiger partial charge is 0.326 e. The maximum atomic E-state index is 13.1. The van der Waals surface area contributed by atoms with E-state index >= 15 is 0 Å². The Morgan fingerprint density at radius 2 is 2.04 bits per heavy atom. The summed E-state index contributed by atoms with van der Waals surface area (Å²) in [5.41, 5.74) is 0.278. The van der Waals surface area contributed by atoms with E-state index in [-0.39, 0.29) is 11.4 Å². The average Bonchev–Trinajstić information content (AvgIpc) is 2.59. The molecule has 2 rings (SSSR count). The highest BCUT2D eigenvalue weighted by molar-refractivity contribution is 6.30. The van der Waals surface area contributed by atoms with E-state index in [1.165, 1.54) is 43.5 Å². The van der Waals surface area contributed by atoms with Crippen molar-refractivity contribution in [3.63, 3.8) is 0 Å². The minimum atomic E-state index is -1.13. The summed E-state index contributed by atoms with van der Waals surface area (Å²) in [6.07, 6.45) is 0.223. The molecular weight excluding hydrogens is 365 g/mol. The van der Waals surface area contributed by atoms with Crippen molar-refractivity contribution in [1.82, 2.24) is 10.3 Å². The van der Waals surface area contributed by atoms with Crippen LogP contribution in [0.15, 0.2) is 42.6 Å². The predicted octanol–water partition coefficient (Wildman–Crippen LogP) is 2.17. The average molecular weight is 380 g/mol. The first-order valence-electron chi connectivity index (χ1n) is 7.51. The van der Waals surface area contributed by atoms with Crippen molar-refractivity contribution in [2.45, 2.75) is 13.0 Å². The van der Waals surface area contributed by atoms with Gasteiger partial charge in [-0.3, -0.25) is 19.4 Å². The number of aromatic nitrogens is 1. The van der Waals surface area contributed by atoms with E-state index < -0.39 is 36.2 Å². The van der Waals surface area contributed by atoms with Gasteiger partial charge in [-0.25, -0.2) is 4.39 Å². The number of amides is 2. The lowest BCUT2D eigenvalue weighted by Gasteiger charge is -2.14. The maximum absolute atomic E-state index is 13.1. The number of carbonyl (C=O) groups is 3. The van der Waals surface area contributed by atoms with E-state index in [2.05, 4.69) is 15.6 Å². The third-order valence-electron chi connectivity index (χ3n) is 3.12. The van der Waals surface area contributed by atoms with Gasteiger partial charge in [0.1, 0.15) is 18.1 Å². The number of carbonyl (C=O) groups excluding carboxylic acids is 3. The second-order valence-corrected chi connectivity index (χ2v) is 5.61. The van der Waals surface area contributed by atoms with Crippen molar-refractivity contribution < 1.29 is 23.5 Å². The van der Waals surface area contributed by atoms with E-state index in [4.69, 9.17) is 16.3 Å². The summed E-state index contributed by atoms with van der Waals surface area (Å²) in [6, 6.07) is 8.14. The lowest BCUT2D eigenvalue weighted by Crippen LogP contribution is -2.36. The number of nitrogens with zero attached hydrogens (tertiary/aromatic N) is 1. The summed E-state index contributed by atoms with van der Waals surface area (Å²) in [7, 11) is 0. The van der Waals surface area contributed by atoms with Gasteiger partial charge in [0.05, 0.1) is 0 Å². The van der Waals surface area contributed by atoms with Gasteiger partial charge in [-0.05, 0) is 37.3 Å². The van der Waals surface area contributed by atoms with Gasteiger partial charge in [-0.2, -0.15) is 0 Å². The minimum Gasteiger partial charge on any atom is -0.451 e. The van der Waals surface area contributed by atoms with Gasteiger partial charge in [0.2, 0.25) is 0 Å². The molecule has 2 amide bonds. The number of pyridine rings is 1. The zero-order valence-electron chi connectivity index (χ0n) is 13.7. The van der Waals surface area contributed by atoms with E-state index in [1.54, 1.807) is 0 Å². The summed E-state index contributed by atoms with van der Waals surface area (Å²) >= 11 is 5.75. The fraction of sp³-hybridized carbons (Fsp3) is 0.176. The highest BCUT2D eigenvalue weighted by atomic mass is 35.5. The third-order valence-corrected chi connectivity index (χ3v) is 3.35. The Morgan fingerprint density at radius 3 is 2.73 bits per heavy atom. The normalized spacial score (nSPS) is 11.3. The van der Waals surface area contributed by atoms with Crippen LogP contribution in [0.25, 0.3) is 0 Å². The summed E-state index contributed by atoms with van der Waals surface area (Å²) in [5, 5.41) is 5.06. The molecule has 1 atom stereocenters. The molecule has 1 heterocycles. The molecule has 26 heavy (non-hydrogen) atoms. The number of benzene rings is 1. The van der Waals surface area contributed by atoms with Gasteiger partial charge in [-0.1, -0.05) is 17.7 Å². The topological polar surface area (TPSA) is 97.4 Å². The Bertz CT molecular complexity index is 831. The van der Waals surface area contributed by atoms with E-state index in [0.29, 0.717) is 5.02 Å². The summed E-state index contributed by atoms with van der Waals surface area (Å²) in [5.74, 6) is -2.57. The van der Waals surface area contributed by atoms with Crippen LogP contribution in [0.4, 0.5) is 10.1 Å². The van der Waals surface area contributed by atoms with Crippen LogP contribution in [-0.4, -0.2) is 35.4 Å². The van der Waals surface area contributed by atoms with Crippen LogP contribution in [0, 0.1) is 5.82 Å². The molecule has 0 radical (unpaired) electrons. The van der Waals surface area contributed by atoms with Crippen LogP contribution >= 0.6 is 11.6 Å². The van der Waals surface area contributed by atoms with Gasteiger partial charge in [0.25, 0.3) is 11.8 Å². The largest absolute Gasteiger partial charge is 0.451 e. The van der Waals surface area contributed by atoms with Gasteiger partial charge >= 0.3 is 5.97 Å². The van der Waals surface area contributed by atoms with E-state index in [0.717, 1.165) is 6.07 Å². The molecule has 0 saturated heterocycles. The minimum absolute atomic E-state index is 0.0437. The number of nitrogens with one attached hydrogen (secondary N) is 2. The molecule has 0 bridgehead atoms. The summed E-state index contributed by atoms with van der Waals surface area (Å²) < 4.78 is 18.0. The molecule has 136 valence electrons. The van der Waals surface area contributed by atoms with E-state index in [9.17, 15) is 18.8 Å². The predicted molar refractivity (Wildman–Crippen MR) is 92.2 cm³/mol. The number of hydrogen-bond acceptors (Lipinski definition) is 5.